The van der Waals surface area contributed by atoms with Gasteiger partial charge in [0.2, 0.25) is 0 Å². The van der Waals surface area contributed by atoms with Crippen molar-refractivity contribution in [2.45, 2.75) is 13.5 Å². The maximum absolute atomic E-state index is 13.2. The van der Waals surface area contributed by atoms with Crippen LogP contribution in [0.3, 0.4) is 0 Å². The van der Waals surface area contributed by atoms with Gasteiger partial charge in [0.05, 0.1) is 11.3 Å². The average Bonchev–Trinajstić information content (AvgIpc) is 3.17. The van der Waals surface area contributed by atoms with Gasteiger partial charge in [-0.05, 0) is 56.4 Å². The minimum absolute atomic E-state index is 0.0730. The summed E-state index contributed by atoms with van der Waals surface area (Å²) in [6, 6.07) is 23.4. The van der Waals surface area contributed by atoms with Crippen molar-refractivity contribution in [2.75, 3.05) is 38.3 Å². The van der Waals surface area contributed by atoms with Crippen LogP contribution >= 0.6 is 0 Å². The van der Waals surface area contributed by atoms with Crippen molar-refractivity contribution in [1.82, 2.24) is 9.80 Å². The Morgan fingerprint density at radius 2 is 1.62 bits per heavy atom. The molecular weight excluding hydrogens is 424 g/mol. The lowest BCUT2D eigenvalue weighted by Gasteiger charge is -2.16. The van der Waals surface area contributed by atoms with Crippen LogP contribution in [0.4, 0.5) is 11.4 Å². The summed E-state index contributed by atoms with van der Waals surface area (Å²) in [7, 11) is 5.85. The highest BCUT2D eigenvalue weighted by Gasteiger charge is 2.29. The van der Waals surface area contributed by atoms with E-state index in [1.165, 1.54) is 5.56 Å². The number of rotatable bonds is 7. The standard InChI is InChI=1S/C28H30N4O2/c1-5-32(4)28(34)21-13-16-23-24(17-21)30-27(33)25(23)26(20-9-7-6-8-10-20)29-22-14-11-19(12-15-22)18-31(2)3/h6-17,29H,5,18H2,1-4H3,(H,30,33)/b26-25-. The van der Waals surface area contributed by atoms with Crippen molar-refractivity contribution in [3.05, 3.63) is 95.1 Å². The quantitative estimate of drug-likeness (QED) is 0.505. The fraction of sp³-hybridized carbons (Fsp3) is 0.214. The molecule has 2 amide bonds. The van der Waals surface area contributed by atoms with Crippen molar-refractivity contribution in [2.24, 2.45) is 0 Å². The summed E-state index contributed by atoms with van der Waals surface area (Å²) in [4.78, 5) is 29.6. The predicted octanol–water partition coefficient (Wildman–Crippen LogP) is 4.77. The number of hydrogen-bond acceptors (Lipinski definition) is 4. The molecule has 174 valence electrons. The monoisotopic (exact) mass is 454 g/mol. The predicted molar refractivity (Wildman–Crippen MR) is 138 cm³/mol. The number of carbonyl (C=O) groups excluding carboxylic acids is 2. The van der Waals surface area contributed by atoms with Gasteiger partial charge in [0.15, 0.2) is 0 Å². The molecule has 6 heteroatoms. The molecule has 0 saturated heterocycles. The third-order valence-electron chi connectivity index (χ3n) is 5.87. The molecule has 6 nitrogen and oxygen atoms in total. The molecule has 0 radical (unpaired) electrons. The first kappa shape index (κ1) is 23.3. The van der Waals surface area contributed by atoms with Gasteiger partial charge in [0.25, 0.3) is 11.8 Å². The number of nitrogens with zero attached hydrogens (tertiary/aromatic N) is 2. The second kappa shape index (κ2) is 9.93. The van der Waals surface area contributed by atoms with Gasteiger partial charge in [-0.2, -0.15) is 0 Å². The van der Waals surface area contributed by atoms with E-state index in [1.54, 1.807) is 24.1 Å². The first-order valence-corrected chi connectivity index (χ1v) is 11.4. The van der Waals surface area contributed by atoms with E-state index in [1.807, 2.05) is 69.6 Å². The van der Waals surface area contributed by atoms with E-state index in [9.17, 15) is 9.59 Å². The number of anilines is 2. The highest BCUT2D eigenvalue weighted by Crippen LogP contribution is 2.38. The molecule has 0 bridgehead atoms. The van der Waals surface area contributed by atoms with Gasteiger partial charge in [-0.15, -0.1) is 0 Å². The van der Waals surface area contributed by atoms with E-state index >= 15 is 0 Å². The van der Waals surface area contributed by atoms with Crippen LogP contribution < -0.4 is 10.6 Å². The second-order valence-corrected chi connectivity index (χ2v) is 8.71. The Morgan fingerprint density at radius 1 is 0.912 bits per heavy atom. The molecule has 0 aliphatic carbocycles. The zero-order valence-corrected chi connectivity index (χ0v) is 20.1. The average molecular weight is 455 g/mol. The Hall–Kier alpha value is -3.90. The molecular formula is C28H30N4O2. The Labute approximate surface area is 200 Å². The molecule has 0 unspecified atom stereocenters. The molecule has 0 atom stereocenters. The van der Waals surface area contributed by atoms with E-state index in [2.05, 4.69) is 27.7 Å². The van der Waals surface area contributed by atoms with Crippen LogP contribution in [-0.4, -0.2) is 49.3 Å². The Morgan fingerprint density at radius 3 is 2.26 bits per heavy atom. The smallest absolute Gasteiger partial charge is 0.258 e. The largest absolute Gasteiger partial charge is 0.354 e. The van der Waals surface area contributed by atoms with E-state index < -0.39 is 0 Å². The van der Waals surface area contributed by atoms with Crippen LogP contribution in [-0.2, 0) is 11.3 Å². The van der Waals surface area contributed by atoms with Gasteiger partial charge in [-0.1, -0.05) is 48.5 Å². The summed E-state index contributed by atoms with van der Waals surface area (Å²) < 4.78 is 0. The van der Waals surface area contributed by atoms with Gasteiger partial charge >= 0.3 is 0 Å². The van der Waals surface area contributed by atoms with E-state index in [0.29, 0.717) is 23.4 Å². The molecule has 1 heterocycles. The number of nitrogens with one attached hydrogen (secondary N) is 2. The van der Waals surface area contributed by atoms with Crippen LogP contribution in [0, 0.1) is 0 Å². The van der Waals surface area contributed by atoms with E-state index in [0.717, 1.165) is 29.1 Å². The lowest BCUT2D eigenvalue weighted by molar-refractivity contribution is -0.110. The first-order valence-electron chi connectivity index (χ1n) is 11.4. The van der Waals surface area contributed by atoms with Crippen molar-refractivity contribution in [1.29, 1.82) is 0 Å². The topological polar surface area (TPSA) is 64.7 Å². The highest BCUT2D eigenvalue weighted by molar-refractivity contribution is 6.37. The third kappa shape index (κ3) is 4.87. The Kier molecular flexibility index (Phi) is 6.80. The molecule has 1 aliphatic heterocycles. The number of amides is 2. The first-order chi connectivity index (χ1) is 16.4. The van der Waals surface area contributed by atoms with E-state index in [4.69, 9.17) is 0 Å². The fourth-order valence-electron chi connectivity index (χ4n) is 4.00. The number of carbonyl (C=O) groups is 2. The lowest BCUT2D eigenvalue weighted by Crippen LogP contribution is -2.26. The van der Waals surface area contributed by atoms with Crippen LogP contribution in [0.1, 0.15) is 34.0 Å². The van der Waals surface area contributed by atoms with Crippen molar-refractivity contribution >= 4 is 34.5 Å². The third-order valence-corrected chi connectivity index (χ3v) is 5.87. The number of hydrogen-bond donors (Lipinski definition) is 2. The van der Waals surface area contributed by atoms with Gasteiger partial charge in [-0.3, -0.25) is 9.59 Å². The SMILES string of the molecule is CCN(C)C(=O)c1ccc2c(c1)NC(=O)/C2=C(\Nc1ccc(CN(C)C)cc1)c1ccccc1. The van der Waals surface area contributed by atoms with Crippen LogP contribution in [0.15, 0.2) is 72.8 Å². The Bertz CT molecular complexity index is 1230. The molecule has 1 aliphatic rings. The fourth-order valence-corrected chi connectivity index (χ4v) is 4.00. The summed E-state index contributed by atoms with van der Waals surface area (Å²) in [6.07, 6.45) is 0. The van der Waals surface area contributed by atoms with Gasteiger partial charge in [0.1, 0.15) is 0 Å². The molecule has 3 aromatic rings. The van der Waals surface area contributed by atoms with Crippen molar-refractivity contribution in [3.63, 3.8) is 0 Å². The maximum Gasteiger partial charge on any atom is 0.258 e. The summed E-state index contributed by atoms with van der Waals surface area (Å²) in [6.45, 7) is 3.40. The molecule has 0 aromatic heterocycles. The van der Waals surface area contributed by atoms with Crippen molar-refractivity contribution < 1.29 is 9.59 Å². The van der Waals surface area contributed by atoms with E-state index in [-0.39, 0.29) is 11.8 Å². The molecule has 0 saturated carbocycles. The summed E-state index contributed by atoms with van der Waals surface area (Å²) >= 11 is 0. The molecule has 2 N–H and O–H groups in total. The highest BCUT2D eigenvalue weighted by atomic mass is 16.2. The van der Waals surface area contributed by atoms with Crippen LogP contribution in [0.2, 0.25) is 0 Å². The summed E-state index contributed by atoms with van der Waals surface area (Å²) in [5.74, 6) is -0.268. The molecule has 3 aromatic carbocycles. The zero-order chi connectivity index (χ0) is 24.2. The van der Waals surface area contributed by atoms with Crippen LogP contribution in [0.25, 0.3) is 11.3 Å². The van der Waals surface area contributed by atoms with Gasteiger partial charge in [-0.25, -0.2) is 0 Å². The van der Waals surface area contributed by atoms with Crippen LogP contribution in [0.5, 0.6) is 0 Å². The second-order valence-electron chi connectivity index (χ2n) is 8.71. The normalized spacial score (nSPS) is 14.0. The van der Waals surface area contributed by atoms with Gasteiger partial charge in [0, 0.05) is 42.6 Å². The molecule has 34 heavy (non-hydrogen) atoms. The summed E-state index contributed by atoms with van der Waals surface area (Å²) in [5, 5.41) is 6.44. The summed E-state index contributed by atoms with van der Waals surface area (Å²) in [5.41, 5.74) is 6.26. The molecule has 0 spiro atoms. The minimum Gasteiger partial charge on any atom is -0.354 e. The Balaban J connectivity index is 1.76. The van der Waals surface area contributed by atoms with Crippen molar-refractivity contribution in [3.8, 4) is 0 Å². The molecule has 0 fully saturated rings. The maximum atomic E-state index is 13.2. The molecule has 4 rings (SSSR count). The van der Waals surface area contributed by atoms with Gasteiger partial charge < -0.3 is 20.4 Å². The minimum atomic E-state index is -0.195. The number of benzene rings is 3. The lowest BCUT2D eigenvalue weighted by atomic mass is 9.98. The zero-order valence-electron chi connectivity index (χ0n) is 20.1. The number of fused-ring (bicyclic) bond motifs is 1.